The molecule has 1 amide bonds. The first-order valence-electron chi connectivity index (χ1n) is 9.96. The number of aromatic nitrogens is 3. The van der Waals surface area contributed by atoms with Crippen molar-refractivity contribution in [3.05, 3.63) is 67.8 Å². The molecule has 2 aromatic heterocycles. The third-order valence-corrected chi connectivity index (χ3v) is 6.61. The lowest BCUT2D eigenvalue weighted by Gasteiger charge is -2.40. The van der Waals surface area contributed by atoms with Gasteiger partial charge in [0.2, 0.25) is 0 Å². The van der Waals surface area contributed by atoms with Crippen molar-refractivity contribution in [2.45, 2.75) is 32.5 Å². The molecule has 7 nitrogen and oxygen atoms in total. The lowest BCUT2D eigenvalue weighted by Crippen LogP contribution is -2.53. The van der Waals surface area contributed by atoms with Crippen LogP contribution in [0.25, 0.3) is 10.6 Å². The molecule has 1 unspecified atom stereocenters. The van der Waals surface area contributed by atoms with Crippen molar-refractivity contribution in [3.8, 4) is 10.6 Å². The molecule has 1 atom stereocenters. The van der Waals surface area contributed by atoms with Gasteiger partial charge in [-0.05, 0) is 25.0 Å². The van der Waals surface area contributed by atoms with E-state index >= 15 is 0 Å². The smallest absolute Gasteiger partial charge is 0.272 e. The van der Waals surface area contributed by atoms with Gasteiger partial charge in [-0.15, -0.1) is 10.2 Å². The van der Waals surface area contributed by atoms with Crippen molar-refractivity contribution in [3.63, 3.8) is 0 Å². The summed E-state index contributed by atoms with van der Waals surface area (Å²) >= 11 is 1.05. The second-order valence-electron chi connectivity index (χ2n) is 7.71. The second kappa shape index (κ2) is 7.82. The number of fused-ring (bicyclic) bond motifs is 2. The van der Waals surface area contributed by atoms with Gasteiger partial charge in [0.15, 0.2) is 28.3 Å². The quantitative estimate of drug-likeness (QED) is 0.560. The zero-order valence-electron chi connectivity index (χ0n) is 16.9. The van der Waals surface area contributed by atoms with Crippen molar-refractivity contribution in [1.29, 1.82) is 0 Å². The number of rotatable bonds is 3. The maximum atomic E-state index is 14.0. The van der Waals surface area contributed by atoms with E-state index in [1.54, 1.807) is 22.6 Å². The molecule has 2 aliphatic heterocycles. The third kappa shape index (κ3) is 3.41. The summed E-state index contributed by atoms with van der Waals surface area (Å²) in [5.74, 6) is -3.55. The van der Waals surface area contributed by atoms with Crippen LogP contribution >= 0.6 is 11.3 Å². The highest BCUT2D eigenvalue weighted by molar-refractivity contribution is 7.14. The molecule has 0 radical (unpaired) electrons. The van der Waals surface area contributed by atoms with Crippen LogP contribution in [0.4, 0.5) is 13.2 Å². The predicted molar refractivity (Wildman–Crippen MR) is 109 cm³/mol. The molecule has 0 spiro atoms. The Morgan fingerprint density at radius 1 is 1.16 bits per heavy atom. The van der Waals surface area contributed by atoms with Gasteiger partial charge in [0, 0.05) is 30.8 Å². The Bertz CT molecular complexity index is 1310. The number of carbonyl (C=O) groups excluding carboxylic acids is 1. The minimum atomic E-state index is -1.27. The first kappa shape index (κ1) is 20.8. The number of carbonyl (C=O) groups is 1. The third-order valence-electron chi connectivity index (χ3n) is 5.66. The SMILES string of the molecule is Cc1c2n(cc(-c3nnc(Cc4cc(F)c(F)cc4F)s3)c1=O)CC1OCCCN1C2=O. The second-order valence-corrected chi connectivity index (χ2v) is 8.77. The molecule has 5 rings (SSSR count). The largest absolute Gasteiger partial charge is 0.356 e. The van der Waals surface area contributed by atoms with Crippen LogP contribution < -0.4 is 5.43 Å². The van der Waals surface area contributed by atoms with Crippen LogP contribution in [-0.4, -0.2) is 45.0 Å². The van der Waals surface area contributed by atoms with Crippen molar-refractivity contribution in [1.82, 2.24) is 19.7 Å². The van der Waals surface area contributed by atoms with Gasteiger partial charge in [-0.25, -0.2) is 13.2 Å². The molecule has 166 valence electrons. The molecule has 1 aromatic carbocycles. The van der Waals surface area contributed by atoms with Crippen molar-refractivity contribution < 1.29 is 22.7 Å². The van der Waals surface area contributed by atoms with Crippen LogP contribution in [-0.2, 0) is 17.7 Å². The number of amides is 1. The van der Waals surface area contributed by atoms with Gasteiger partial charge in [0.1, 0.15) is 16.5 Å². The fourth-order valence-corrected chi connectivity index (χ4v) is 4.93. The zero-order valence-corrected chi connectivity index (χ0v) is 17.7. The van der Waals surface area contributed by atoms with Crippen molar-refractivity contribution in [2.75, 3.05) is 13.2 Å². The van der Waals surface area contributed by atoms with E-state index in [4.69, 9.17) is 4.74 Å². The van der Waals surface area contributed by atoms with Gasteiger partial charge in [0.05, 0.1) is 18.7 Å². The topological polar surface area (TPSA) is 77.3 Å². The normalized spacial score (nSPS) is 17.9. The molecule has 0 N–H and O–H groups in total. The van der Waals surface area contributed by atoms with E-state index in [2.05, 4.69) is 10.2 Å². The number of hydrogen-bond donors (Lipinski definition) is 0. The Hall–Kier alpha value is -3.05. The van der Waals surface area contributed by atoms with E-state index in [-0.39, 0.29) is 35.1 Å². The molecule has 0 bridgehead atoms. The highest BCUT2D eigenvalue weighted by Gasteiger charge is 2.36. The predicted octanol–water partition coefficient (Wildman–Crippen LogP) is 2.89. The standard InChI is InChI=1S/C21H17F3N4O3S/c1-10-18-21(30)28-3-2-4-31-17(28)9-27(18)8-12(19(10)29)20-26-25-16(32-20)6-11-5-14(23)15(24)7-13(11)22/h5,7-8,17H,2-4,6,9H2,1H3. The number of pyridine rings is 1. The molecule has 0 saturated carbocycles. The average molecular weight is 462 g/mol. The van der Waals surface area contributed by atoms with Crippen LogP contribution in [0.5, 0.6) is 0 Å². The van der Waals surface area contributed by atoms with Gasteiger partial charge in [-0.1, -0.05) is 11.3 Å². The number of halogens is 3. The maximum absolute atomic E-state index is 14.0. The molecule has 11 heteroatoms. The summed E-state index contributed by atoms with van der Waals surface area (Å²) in [5, 5.41) is 8.66. The Kier molecular flexibility index (Phi) is 5.09. The number of hydrogen-bond acceptors (Lipinski definition) is 6. The highest BCUT2D eigenvalue weighted by Crippen LogP contribution is 2.28. The van der Waals surface area contributed by atoms with E-state index < -0.39 is 17.5 Å². The molecule has 2 aliphatic rings. The Morgan fingerprint density at radius 2 is 1.94 bits per heavy atom. The zero-order chi connectivity index (χ0) is 22.6. The van der Waals surface area contributed by atoms with Crippen LogP contribution in [0.15, 0.2) is 23.1 Å². The molecular formula is C21H17F3N4O3S. The van der Waals surface area contributed by atoms with Gasteiger partial charge in [-0.2, -0.15) is 0 Å². The Labute approximate surface area is 184 Å². The molecule has 4 heterocycles. The molecule has 0 aliphatic carbocycles. The van der Waals surface area contributed by atoms with E-state index in [0.29, 0.717) is 47.0 Å². The van der Waals surface area contributed by atoms with Gasteiger partial charge < -0.3 is 14.2 Å². The van der Waals surface area contributed by atoms with Crippen molar-refractivity contribution in [2.24, 2.45) is 0 Å². The summed E-state index contributed by atoms with van der Waals surface area (Å²) in [5.41, 5.74) is 0.486. The molecule has 32 heavy (non-hydrogen) atoms. The average Bonchev–Trinajstić information content (AvgIpc) is 3.23. The number of ether oxygens (including phenoxy) is 1. The Balaban J connectivity index is 1.50. The van der Waals surface area contributed by atoms with Gasteiger partial charge in [-0.3, -0.25) is 9.59 Å². The summed E-state index contributed by atoms with van der Waals surface area (Å²) in [4.78, 5) is 27.6. The number of benzene rings is 1. The highest BCUT2D eigenvalue weighted by atomic mass is 32.1. The minimum absolute atomic E-state index is 0.0647. The molecule has 1 fully saturated rings. The molecule has 3 aromatic rings. The van der Waals surface area contributed by atoms with Gasteiger partial charge in [0.25, 0.3) is 5.91 Å². The lowest BCUT2D eigenvalue weighted by molar-refractivity contribution is -0.0918. The fraction of sp³-hybridized carbons (Fsp3) is 0.333. The van der Waals surface area contributed by atoms with Gasteiger partial charge >= 0.3 is 0 Å². The van der Waals surface area contributed by atoms with E-state index in [1.807, 2.05) is 0 Å². The van der Waals surface area contributed by atoms with Crippen molar-refractivity contribution >= 4 is 17.2 Å². The summed E-state index contributed by atoms with van der Waals surface area (Å²) in [7, 11) is 0. The van der Waals surface area contributed by atoms with E-state index in [9.17, 15) is 22.8 Å². The van der Waals surface area contributed by atoms with Crippen LogP contribution in [0, 0.1) is 24.4 Å². The summed E-state index contributed by atoms with van der Waals surface area (Å²) < 4.78 is 48.0. The summed E-state index contributed by atoms with van der Waals surface area (Å²) in [6.45, 7) is 3.13. The first-order valence-corrected chi connectivity index (χ1v) is 10.8. The maximum Gasteiger partial charge on any atom is 0.272 e. The minimum Gasteiger partial charge on any atom is -0.356 e. The summed E-state index contributed by atoms with van der Waals surface area (Å²) in [6.07, 6.45) is 1.82. The van der Waals surface area contributed by atoms with E-state index in [0.717, 1.165) is 23.8 Å². The lowest BCUT2D eigenvalue weighted by atomic mass is 10.1. The first-order chi connectivity index (χ1) is 15.3. The van der Waals surface area contributed by atoms with Crippen LogP contribution in [0.3, 0.4) is 0 Å². The molecule has 1 saturated heterocycles. The van der Waals surface area contributed by atoms with E-state index in [1.165, 1.54) is 0 Å². The van der Waals surface area contributed by atoms with Crippen LogP contribution in [0.1, 0.15) is 33.0 Å². The summed E-state index contributed by atoms with van der Waals surface area (Å²) in [6, 6.07) is 1.27. The fourth-order valence-electron chi connectivity index (χ4n) is 4.06. The molecular weight excluding hydrogens is 445 g/mol. The number of nitrogens with zero attached hydrogens (tertiary/aromatic N) is 4. The monoisotopic (exact) mass is 462 g/mol. The van der Waals surface area contributed by atoms with Crippen LogP contribution in [0.2, 0.25) is 0 Å². The Morgan fingerprint density at radius 3 is 2.75 bits per heavy atom.